The van der Waals surface area contributed by atoms with Crippen LogP contribution in [-0.2, 0) is 20.8 Å². The zero-order chi connectivity index (χ0) is 18.3. The second-order valence-corrected chi connectivity index (χ2v) is 6.89. The highest BCUT2D eigenvalue weighted by atomic mass is 16.6. The third-order valence-electron chi connectivity index (χ3n) is 5.47. The zero-order valence-corrected chi connectivity index (χ0v) is 14.5. The van der Waals surface area contributed by atoms with E-state index in [2.05, 4.69) is 5.32 Å². The van der Waals surface area contributed by atoms with Crippen LogP contribution in [0.25, 0.3) is 0 Å². The van der Waals surface area contributed by atoms with Gasteiger partial charge in [0.25, 0.3) is 0 Å². The number of nitrogens with zero attached hydrogens (tertiary/aromatic N) is 1. The summed E-state index contributed by atoms with van der Waals surface area (Å²) in [6.45, 7) is 2.43. The number of piperidine rings is 1. The van der Waals surface area contributed by atoms with Crippen LogP contribution >= 0.6 is 0 Å². The molecule has 4 rings (SSSR count). The molecule has 7 heteroatoms. The number of likely N-dealkylation sites (tertiary alicyclic amines) is 1. The summed E-state index contributed by atoms with van der Waals surface area (Å²) in [5, 5.41) is 13.7. The Morgan fingerprint density at radius 2 is 2.19 bits per heavy atom. The average molecular weight is 358 g/mol. The lowest BCUT2D eigenvalue weighted by atomic mass is 9.70. The van der Waals surface area contributed by atoms with Gasteiger partial charge in [-0.05, 0) is 12.5 Å². The lowest BCUT2D eigenvalue weighted by molar-refractivity contribution is -0.178. The molecule has 3 unspecified atom stereocenters. The molecule has 1 aromatic rings. The van der Waals surface area contributed by atoms with Gasteiger partial charge in [0.1, 0.15) is 18.2 Å². The molecule has 2 heterocycles. The fraction of sp³-hybridized carbons (Fsp3) is 0.474. The molecular formula is C19H22N2O5. The molecule has 1 aliphatic carbocycles. The van der Waals surface area contributed by atoms with E-state index in [0.717, 1.165) is 5.56 Å². The van der Waals surface area contributed by atoms with E-state index in [-0.39, 0.29) is 6.61 Å². The highest BCUT2D eigenvalue weighted by Gasteiger charge is 2.66. The number of alkyl carbamates (subject to hydrolysis) is 1. The van der Waals surface area contributed by atoms with Crippen LogP contribution < -0.4 is 5.32 Å². The van der Waals surface area contributed by atoms with E-state index in [0.29, 0.717) is 13.0 Å². The normalized spacial score (nSPS) is 35.4. The Kier molecular flexibility index (Phi) is 4.20. The maximum Gasteiger partial charge on any atom is 0.408 e. The number of rotatable bonds is 4. The van der Waals surface area contributed by atoms with E-state index in [1.54, 1.807) is 6.92 Å². The van der Waals surface area contributed by atoms with Gasteiger partial charge in [-0.15, -0.1) is 0 Å². The summed E-state index contributed by atoms with van der Waals surface area (Å²) in [5.74, 6) is -0.421. The summed E-state index contributed by atoms with van der Waals surface area (Å²) < 4.78 is 10.8. The van der Waals surface area contributed by atoms with Crippen LogP contribution in [-0.4, -0.2) is 58.5 Å². The number of aliphatic hydroxyl groups excluding tert-OH is 1. The molecule has 1 amide bonds. The van der Waals surface area contributed by atoms with Crippen LogP contribution in [0.4, 0.5) is 4.79 Å². The number of carbonyl (C=O) groups excluding carboxylic acids is 2. The van der Waals surface area contributed by atoms with Gasteiger partial charge in [0.05, 0.1) is 12.6 Å². The predicted octanol–water partition coefficient (Wildman–Crippen LogP) is 0.970. The number of esters is 1. The summed E-state index contributed by atoms with van der Waals surface area (Å²) >= 11 is 0. The molecule has 5 atom stereocenters. The monoisotopic (exact) mass is 358 g/mol. The first kappa shape index (κ1) is 17.1. The summed E-state index contributed by atoms with van der Waals surface area (Å²) in [5.41, 5.74) is -0.132. The highest BCUT2D eigenvalue weighted by molar-refractivity contribution is 5.81. The summed E-state index contributed by atoms with van der Waals surface area (Å²) in [7, 11) is 0. The van der Waals surface area contributed by atoms with Gasteiger partial charge in [-0.2, -0.15) is 0 Å². The van der Waals surface area contributed by atoms with Crippen molar-refractivity contribution in [3.8, 4) is 0 Å². The lowest BCUT2D eigenvalue weighted by Gasteiger charge is -2.53. The Labute approximate surface area is 151 Å². The van der Waals surface area contributed by atoms with Crippen molar-refractivity contribution in [3.05, 3.63) is 48.0 Å². The van der Waals surface area contributed by atoms with Gasteiger partial charge in [0.2, 0.25) is 0 Å². The van der Waals surface area contributed by atoms with Gasteiger partial charge in [-0.25, -0.2) is 4.79 Å². The van der Waals surface area contributed by atoms with Crippen LogP contribution in [0.1, 0.15) is 18.9 Å². The Balaban J connectivity index is 1.76. The van der Waals surface area contributed by atoms with Crippen molar-refractivity contribution in [1.82, 2.24) is 10.2 Å². The van der Waals surface area contributed by atoms with Crippen molar-refractivity contribution in [2.45, 2.75) is 49.7 Å². The quantitative estimate of drug-likeness (QED) is 0.616. The number of carbonyl (C=O) groups is 2. The first-order chi connectivity index (χ1) is 12.6. The SMILES string of the molecule is CCOC(=O)[C@H]1[C@@H]2NC(=O)OC23CC=CC(C3O)N1Cc1ccccc1. The fourth-order valence-electron chi connectivity index (χ4n) is 4.35. The second-order valence-electron chi connectivity index (χ2n) is 6.89. The Hall–Kier alpha value is -2.38. The largest absolute Gasteiger partial charge is 0.465 e. The van der Waals surface area contributed by atoms with E-state index in [1.807, 2.05) is 47.4 Å². The van der Waals surface area contributed by atoms with E-state index < -0.39 is 41.9 Å². The molecule has 26 heavy (non-hydrogen) atoms. The van der Waals surface area contributed by atoms with E-state index >= 15 is 0 Å². The van der Waals surface area contributed by atoms with E-state index in [1.165, 1.54) is 0 Å². The molecule has 2 saturated heterocycles. The van der Waals surface area contributed by atoms with Gasteiger partial charge in [-0.1, -0.05) is 42.5 Å². The van der Waals surface area contributed by atoms with Crippen LogP contribution in [0.3, 0.4) is 0 Å². The van der Waals surface area contributed by atoms with Gasteiger partial charge in [0, 0.05) is 13.0 Å². The number of benzene rings is 1. The Bertz CT molecular complexity index is 737. The minimum Gasteiger partial charge on any atom is -0.465 e. The third kappa shape index (κ3) is 2.50. The van der Waals surface area contributed by atoms with Crippen molar-refractivity contribution in [3.63, 3.8) is 0 Å². The van der Waals surface area contributed by atoms with Crippen LogP contribution in [0, 0.1) is 0 Å². The molecule has 138 valence electrons. The lowest BCUT2D eigenvalue weighted by Crippen LogP contribution is -2.75. The van der Waals surface area contributed by atoms with Crippen molar-refractivity contribution >= 4 is 12.1 Å². The Morgan fingerprint density at radius 3 is 2.92 bits per heavy atom. The number of fused-ring (bicyclic) bond motifs is 1. The minimum absolute atomic E-state index is 0.242. The van der Waals surface area contributed by atoms with Crippen LogP contribution in [0.2, 0.25) is 0 Å². The maximum absolute atomic E-state index is 12.8. The summed E-state index contributed by atoms with van der Waals surface area (Å²) in [6, 6.07) is 7.86. The highest BCUT2D eigenvalue weighted by Crippen LogP contribution is 2.44. The fourth-order valence-corrected chi connectivity index (χ4v) is 4.35. The van der Waals surface area contributed by atoms with Crippen molar-refractivity contribution in [2.24, 2.45) is 0 Å². The van der Waals surface area contributed by atoms with Crippen LogP contribution in [0.15, 0.2) is 42.5 Å². The first-order valence-corrected chi connectivity index (χ1v) is 8.87. The van der Waals surface area contributed by atoms with Gasteiger partial charge in [0.15, 0.2) is 5.60 Å². The number of hydrogen-bond acceptors (Lipinski definition) is 6. The molecule has 2 bridgehead atoms. The van der Waals surface area contributed by atoms with Gasteiger partial charge < -0.3 is 19.9 Å². The van der Waals surface area contributed by atoms with Crippen LogP contribution in [0.5, 0.6) is 0 Å². The molecule has 0 aromatic heterocycles. The molecule has 3 aliphatic rings. The molecule has 2 fully saturated rings. The number of aliphatic hydroxyl groups is 1. The minimum atomic E-state index is -1.14. The molecule has 1 aromatic carbocycles. The van der Waals surface area contributed by atoms with E-state index in [9.17, 15) is 14.7 Å². The molecule has 0 radical (unpaired) electrons. The first-order valence-electron chi connectivity index (χ1n) is 8.87. The third-order valence-corrected chi connectivity index (χ3v) is 5.47. The molecule has 2 aliphatic heterocycles. The van der Waals surface area contributed by atoms with Crippen molar-refractivity contribution < 1.29 is 24.2 Å². The van der Waals surface area contributed by atoms with Crippen molar-refractivity contribution in [2.75, 3.05) is 6.61 Å². The topological polar surface area (TPSA) is 88.1 Å². The number of nitrogens with one attached hydrogen (secondary N) is 1. The van der Waals surface area contributed by atoms with Gasteiger partial charge in [-0.3, -0.25) is 9.69 Å². The van der Waals surface area contributed by atoms with E-state index in [4.69, 9.17) is 9.47 Å². The average Bonchev–Trinajstić information content (AvgIpc) is 2.94. The zero-order valence-electron chi connectivity index (χ0n) is 14.5. The standard InChI is InChI=1S/C19H22N2O5/c1-2-25-17(23)14-15-19(26-18(24)20-15)10-6-9-13(16(19)22)21(14)11-12-7-4-3-5-8-12/h3-9,13-16,22H,2,10-11H2,1H3,(H,20,24)/t13?,14-,15+,16?,19?/m1/s1. The molecule has 2 N–H and O–H groups in total. The smallest absolute Gasteiger partial charge is 0.408 e. The molecule has 7 nitrogen and oxygen atoms in total. The molecule has 1 spiro atoms. The maximum atomic E-state index is 12.8. The second kappa shape index (κ2) is 6.41. The summed E-state index contributed by atoms with van der Waals surface area (Å²) in [4.78, 5) is 26.7. The molecule has 0 saturated carbocycles. The predicted molar refractivity (Wildman–Crippen MR) is 92.1 cm³/mol. The number of ether oxygens (including phenoxy) is 2. The Morgan fingerprint density at radius 1 is 1.42 bits per heavy atom. The van der Waals surface area contributed by atoms with Gasteiger partial charge >= 0.3 is 12.1 Å². The number of hydrogen-bond donors (Lipinski definition) is 2. The molecular weight excluding hydrogens is 336 g/mol. The van der Waals surface area contributed by atoms with Crippen molar-refractivity contribution in [1.29, 1.82) is 0 Å². The number of amides is 1. The summed E-state index contributed by atoms with van der Waals surface area (Å²) in [6.07, 6.45) is 2.62.